The number of nitrogen functional groups attached to an aromatic ring is 1. The van der Waals surface area contributed by atoms with Crippen molar-refractivity contribution in [2.24, 2.45) is 5.92 Å². The number of hydrogen-bond donors (Lipinski definition) is 1. The Morgan fingerprint density at radius 3 is 2.69 bits per heavy atom. The Morgan fingerprint density at radius 2 is 1.97 bits per heavy atom. The zero-order chi connectivity index (χ0) is 24.8. The van der Waals surface area contributed by atoms with Crippen LogP contribution in [0.1, 0.15) is 25.8 Å². The van der Waals surface area contributed by atoms with Crippen LogP contribution in [0.15, 0.2) is 49.1 Å². The quantitative estimate of drug-likeness (QED) is 0.404. The molecule has 3 saturated heterocycles. The van der Waals surface area contributed by atoms with Crippen molar-refractivity contribution in [3.05, 3.63) is 54.6 Å². The number of pyridine rings is 2. The maximum absolute atomic E-state index is 6.26. The number of rotatable bonds is 8. The summed E-state index contributed by atoms with van der Waals surface area (Å²) in [5, 5.41) is 9.34. The lowest BCUT2D eigenvalue weighted by Gasteiger charge is -2.56. The molecule has 3 fully saturated rings. The van der Waals surface area contributed by atoms with Crippen LogP contribution in [-0.4, -0.2) is 68.2 Å². The lowest BCUT2D eigenvalue weighted by molar-refractivity contribution is -0.00878. The van der Waals surface area contributed by atoms with Gasteiger partial charge in [-0.3, -0.25) is 4.90 Å². The van der Waals surface area contributed by atoms with Gasteiger partial charge in [0.15, 0.2) is 5.82 Å². The first-order chi connectivity index (χ1) is 17.5. The van der Waals surface area contributed by atoms with Crippen molar-refractivity contribution in [2.45, 2.75) is 38.9 Å². The molecule has 2 N–H and O–H groups in total. The van der Waals surface area contributed by atoms with Crippen molar-refractivity contribution in [1.82, 2.24) is 29.3 Å². The first-order valence-electron chi connectivity index (χ1n) is 12.4. The highest BCUT2D eigenvalue weighted by atomic mass is 16.5. The topological polar surface area (TPSA) is 99.0 Å². The lowest BCUT2D eigenvalue weighted by Crippen LogP contribution is -2.68. The van der Waals surface area contributed by atoms with Crippen molar-refractivity contribution in [2.75, 3.05) is 37.4 Å². The van der Waals surface area contributed by atoms with E-state index in [0.29, 0.717) is 36.2 Å². The van der Waals surface area contributed by atoms with E-state index in [-0.39, 0.29) is 0 Å². The van der Waals surface area contributed by atoms with Crippen LogP contribution >= 0.6 is 0 Å². The van der Waals surface area contributed by atoms with E-state index in [9.17, 15) is 0 Å². The molecule has 7 heterocycles. The summed E-state index contributed by atoms with van der Waals surface area (Å²) in [4.78, 5) is 9.31. The average Bonchev–Trinajstić information content (AvgIpc) is 3.53. The van der Waals surface area contributed by atoms with Crippen molar-refractivity contribution < 1.29 is 9.47 Å². The molecule has 3 aliphatic heterocycles. The number of ether oxygens (including phenoxy) is 2. The molecule has 0 aliphatic carbocycles. The first kappa shape index (κ1) is 22.7. The second-order valence-corrected chi connectivity index (χ2v) is 10.1. The molecule has 4 aromatic heterocycles. The number of piperazine rings is 1. The van der Waals surface area contributed by atoms with Gasteiger partial charge in [-0.05, 0) is 17.9 Å². The van der Waals surface area contributed by atoms with Crippen LogP contribution in [0.3, 0.4) is 0 Å². The standard InChI is InChI=1S/C26H32N8O2/c1-17(2)16-36-21-9-23(26-22(27)11-29-34(26)15-21)33-7-6-24(30-33)31-13-19-8-20(14-31)32(19)12-18-4-5-25(35-3)28-10-18/h4-7,9-11,15,17,19-20H,8,12-14,16,27H2,1-3H3. The number of piperidine rings is 1. The van der Waals surface area contributed by atoms with Crippen LogP contribution < -0.4 is 20.1 Å². The van der Waals surface area contributed by atoms with Gasteiger partial charge >= 0.3 is 0 Å². The van der Waals surface area contributed by atoms with E-state index in [2.05, 4.69) is 45.9 Å². The third kappa shape index (κ3) is 4.11. The molecule has 0 spiro atoms. The third-order valence-electron chi connectivity index (χ3n) is 7.04. The van der Waals surface area contributed by atoms with Crippen molar-refractivity contribution >= 4 is 17.0 Å². The van der Waals surface area contributed by atoms with Crippen molar-refractivity contribution in [3.8, 4) is 17.3 Å². The van der Waals surface area contributed by atoms with Gasteiger partial charge in [0.1, 0.15) is 11.3 Å². The van der Waals surface area contributed by atoms with Crippen LogP contribution in [0, 0.1) is 5.92 Å². The largest absolute Gasteiger partial charge is 0.492 e. The van der Waals surface area contributed by atoms with Crippen LogP contribution in [0.2, 0.25) is 0 Å². The Kier molecular flexibility index (Phi) is 5.67. The summed E-state index contributed by atoms with van der Waals surface area (Å²) in [6.45, 7) is 7.71. The van der Waals surface area contributed by atoms with Crippen molar-refractivity contribution in [1.29, 1.82) is 0 Å². The normalized spacial score (nSPS) is 19.6. The maximum atomic E-state index is 6.26. The highest BCUT2D eigenvalue weighted by Crippen LogP contribution is 2.36. The molecule has 0 radical (unpaired) electrons. The molecular weight excluding hydrogens is 456 g/mol. The van der Waals surface area contributed by atoms with Gasteiger partial charge in [0.2, 0.25) is 5.88 Å². The molecule has 0 amide bonds. The fourth-order valence-electron chi connectivity index (χ4n) is 5.20. The summed E-state index contributed by atoms with van der Waals surface area (Å²) >= 11 is 0. The van der Waals surface area contributed by atoms with Crippen molar-refractivity contribution in [3.63, 3.8) is 0 Å². The second kappa shape index (κ2) is 9.02. The number of methoxy groups -OCH3 is 1. The van der Waals surface area contributed by atoms with Gasteiger partial charge in [-0.1, -0.05) is 19.9 Å². The number of nitrogens with two attached hydrogens (primary N) is 1. The molecule has 2 bridgehead atoms. The van der Waals surface area contributed by atoms with E-state index in [0.717, 1.165) is 42.4 Å². The summed E-state index contributed by atoms with van der Waals surface area (Å²) < 4.78 is 14.8. The number of nitrogens with zero attached hydrogens (tertiary/aromatic N) is 7. The minimum Gasteiger partial charge on any atom is -0.492 e. The Morgan fingerprint density at radius 1 is 1.14 bits per heavy atom. The minimum absolute atomic E-state index is 0.425. The van der Waals surface area contributed by atoms with E-state index in [1.807, 2.05) is 35.4 Å². The molecular formula is C26H32N8O2. The second-order valence-electron chi connectivity index (χ2n) is 10.1. The molecule has 3 aliphatic rings. The van der Waals surface area contributed by atoms with E-state index >= 15 is 0 Å². The number of hydrogen-bond acceptors (Lipinski definition) is 8. The van der Waals surface area contributed by atoms with Gasteiger partial charge in [-0.15, -0.1) is 0 Å². The van der Waals surface area contributed by atoms with E-state index in [1.54, 1.807) is 17.8 Å². The van der Waals surface area contributed by atoms with Gasteiger partial charge in [0.05, 0.1) is 37.5 Å². The number of aromatic nitrogens is 5. The highest BCUT2D eigenvalue weighted by molar-refractivity contribution is 5.79. The molecule has 2 atom stereocenters. The van der Waals surface area contributed by atoms with E-state index < -0.39 is 0 Å². The fraction of sp³-hybridized carbons (Fsp3) is 0.423. The number of anilines is 2. The Hall–Kier alpha value is -3.79. The fourth-order valence-corrected chi connectivity index (χ4v) is 5.20. The molecule has 0 saturated carbocycles. The molecule has 0 aromatic carbocycles. The molecule has 10 nitrogen and oxygen atoms in total. The Labute approximate surface area is 210 Å². The van der Waals surface area contributed by atoms with E-state index in [1.165, 1.54) is 12.0 Å². The molecule has 2 unspecified atom stereocenters. The highest BCUT2D eigenvalue weighted by Gasteiger charge is 2.44. The summed E-state index contributed by atoms with van der Waals surface area (Å²) in [5.41, 5.74) is 9.76. The summed E-state index contributed by atoms with van der Waals surface area (Å²) in [6.07, 6.45) is 8.66. The maximum Gasteiger partial charge on any atom is 0.212 e. The molecule has 188 valence electrons. The van der Waals surface area contributed by atoms with E-state index in [4.69, 9.17) is 20.3 Å². The minimum atomic E-state index is 0.425. The van der Waals surface area contributed by atoms with Crippen LogP contribution in [-0.2, 0) is 6.54 Å². The van der Waals surface area contributed by atoms with Gasteiger partial charge in [0, 0.05) is 62.3 Å². The van der Waals surface area contributed by atoms with Gasteiger partial charge in [0.25, 0.3) is 0 Å². The lowest BCUT2D eigenvalue weighted by atomic mass is 9.87. The molecule has 10 heteroatoms. The average molecular weight is 489 g/mol. The van der Waals surface area contributed by atoms with Gasteiger partial charge in [-0.25, -0.2) is 14.2 Å². The van der Waals surface area contributed by atoms with Gasteiger partial charge in [-0.2, -0.15) is 10.2 Å². The molecule has 4 aromatic rings. The molecule has 36 heavy (non-hydrogen) atoms. The Bertz CT molecular complexity index is 1350. The molecule has 7 rings (SSSR count). The van der Waals surface area contributed by atoms with Crippen LogP contribution in [0.5, 0.6) is 11.6 Å². The predicted molar refractivity (Wildman–Crippen MR) is 138 cm³/mol. The van der Waals surface area contributed by atoms with Crippen LogP contribution in [0.4, 0.5) is 11.5 Å². The number of fused-ring (bicyclic) bond motifs is 3. The third-order valence-corrected chi connectivity index (χ3v) is 7.04. The summed E-state index contributed by atoms with van der Waals surface area (Å²) in [7, 11) is 1.64. The predicted octanol–water partition coefficient (Wildman–Crippen LogP) is 3.00. The van der Waals surface area contributed by atoms with Crippen LogP contribution in [0.25, 0.3) is 11.2 Å². The smallest absolute Gasteiger partial charge is 0.212 e. The zero-order valence-electron chi connectivity index (χ0n) is 20.9. The monoisotopic (exact) mass is 488 g/mol. The van der Waals surface area contributed by atoms with Gasteiger partial charge < -0.3 is 20.1 Å². The zero-order valence-corrected chi connectivity index (χ0v) is 20.9. The SMILES string of the molecule is COc1ccc(CN2C3CC2CN(c2ccn(-c4cc(OCC(C)C)cn5ncc(N)c45)n2)C3)cn1. The summed E-state index contributed by atoms with van der Waals surface area (Å²) in [6, 6.07) is 9.12. The Balaban J connectivity index is 1.19. The first-order valence-corrected chi connectivity index (χ1v) is 12.4. The summed E-state index contributed by atoms with van der Waals surface area (Å²) in [5.74, 6) is 2.79.